The van der Waals surface area contributed by atoms with Crippen LogP contribution in [0.4, 0.5) is 0 Å². The van der Waals surface area contributed by atoms with Gasteiger partial charge in [-0.2, -0.15) is 0 Å². The van der Waals surface area contributed by atoms with E-state index in [9.17, 15) is 4.79 Å². The number of rotatable bonds is 2. The maximum absolute atomic E-state index is 10.2. The van der Waals surface area contributed by atoms with Crippen LogP contribution in [-0.2, 0) is 4.79 Å². The van der Waals surface area contributed by atoms with Crippen LogP contribution in [0.1, 0.15) is 0 Å². The summed E-state index contributed by atoms with van der Waals surface area (Å²) < 4.78 is 0. The van der Waals surface area contributed by atoms with Crippen LogP contribution in [0, 0.1) is 0 Å². The Kier molecular flexibility index (Phi) is 2.83. The van der Waals surface area contributed by atoms with Crippen LogP contribution < -0.4 is 5.43 Å². The molecule has 0 radical (unpaired) electrons. The van der Waals surface area contributed by atoms with Gasteiger partial charge >= 0.3 is 0 Å². The number of hydrogen-bond donors (Lipinski definition) is 2. The molecule has 8 heavy (non-hydrogen) atoms. The van der Waals surface area contributed by atoms with Gasteiger partial charge in [-0.05, 0) is 6.08 Å². The Morgan fingerprint density at radius 3 is 2.62 bits per heavy atom. The fourth-order valence-corrected chi connectivity index (χ4v) is 0.205. The smallest absolute Gasteiger partial charge is 0.259 e. The van der Waals surface area contributed by atoms with Crippen molar-refractivity contribution in [2.75, 3.05) is 7.05 Å². The van der Waals surface area contributed by atoms with E-state index in [0.29, 0.717) is 5.17 Å². The molecule has 0 saturated heterocycles. The van der Waals surface area contributed by atoms with Crippen molar-refractivity contribution in [1.82, 2.24) is 10.6 Å². The Morgan fingerprint density at radius 2 is 2.50 bits per heavy atom. The zero-order valence-electron chi connectivity index (χ0n) is 4.59. The van der Waals surface area contributed by atoms with Crippen molar-refractivity contribution in [3.8, 4) is 0 Å². The van der Waals surface area contributed by atoms with Crippen molar-refractivity contribution in [3.05, 3.63) is 12.7 Å². The fraction of sp³-hybridized carbons (Fsp3) is 0.250. The number of carbonyl (C=O) groups excluding carboxylic acids is 1. The molecule has 0 aliphatic rings. The van der Waals surface area contributed by atoms with Gasteiger partial charge in [-0.25, -0.2) is 0 Å². The summed E-state index contributed by atoms with van der Waals surface area (Å²) in [5, 5.41) is 8.87. The molecule has 2 N–H and O–H groups in total. The van der Waals surface area contributed by atoms with Crippen LogP contribution in [0.5, 0.6) is 0 Å². The van der Waals surface area contributed by atoms with Crippen LogP contribution in [-0.4, -0.2) is 23.3 Å². The first kappa shape index (κ1) is 7.13. The molecular formula is C4H8N2O2. The molecule has 1 amide bonds. The standard InChI is InChI=1S/C4H8N2O2/c1-3-4(7)5-6(2)8/h3,8H,1H2,2H3,(H,5,7). The second kappa shape index (κ2) is 3.17. The van der Waals surface area contributed by atoms with Crippen LogP contribution in [0.15, 0.2) is 12.7 Å². The minimum atomic E-state index is -0.435. The molecule has 4 nitrogen and oxygen atoms in total. The summed E-state index contributed by atoms with van der Waals surface area (Å²) >= 11 is 0. The Hall–Kier alpha value is -0.870. The second-order valence-electron chi connectivity index (χ2n) is 1.20. The summed E-state index contributed by atoms with van der Waals surface area (Å²) in [7, 11) is 1.29. The molecule has 0 spiro atoms. The van der Waals surface area contributed by atoms with Gasteiger partial charge in [0, 0.05) is 7.05 Å². The summed E-state index contributed by atoms with van der Waals surface area (Å²) in [6, 6.07) is 0. The zero-order chi connectivity index (χ0) is 6.57. The minimum Gasteiger partial charge on any atom is -0.295 e. The van der Waals surface area contributed by atoms with Crippen LogP contribution in [0.3, 0.4) is 0 Å². The van der Waals surface area contributed by atoms with E-state index in [1.807, 2.05) is 5.43 Å². The molecule has 0 aromatic heterocycles. The van der Waals surface area contributed by atoms with Gasteiger partial charge < -0.3 is 0 Å². The first-order chi connectivity index (χ1) is 3.66. The number of hydroxylamine groups is 1. The predicted molar refractivity (Wildman–Crippen MR) is 27.9 cm³/mol. The van der Waals surface area contributed by atoms with E-state index in [0.717, 1.165) is 6.08 Å². The number of nitrogens with one attached hydrogen (secondary N) is 1. The summed E-state index contributed by atoms with van der Waals surface area (Å²) in [6.07, 6.45) is 1.06. The molecule has 0 bridgehead atoms. The van der Waals surface area contributed by atoms with Gasteiger partial charge in [0.15, 0.2) is 0 Å². The third kappa shape index (κ3) is 3.32. The average molecular weight is 116 g/mol. The maximum Gasteiger partial charge on any atom is 0.259 e. The summed E-state index contributed by atoms with van der Waals surface area (Å²) in [4.78, 5) is 10.2. The maximum atomic E-state index is 10.2. The van der Waals surface area contributed by atoms with Crippen molar-refractivity contribution in [1.29, 1.82) is 0 Å². The topological polar surface area (TPSA) is 52.6 Å². The van der Waals surface area contributed by atoms with Gasteiger partial charge in [-0.3, -0.25) is 15.4 Å². The van der Waals surface area contributed by atoms with E-state index < -0.39 is 5.91 Å². The highest BCUT2D eigenvalue weighted by atomic mass is 16.5. The van der Waals surface area contributed by atoms with Gasteiger partial charge in [0.25, 0.3) is 5.91 Å². The number of carbonyl (C=O) groups is 1. The number of nitrogens with zero attached hydrogens (tertiary/aromatic N) is 1. The van der Waals surface area contributed by atoms with Crippen molar-refractivity contribution in [3.63, 3.8) is 0 Å². The van der Waals surface area contributed by atoms with Crippen molar-refractivity contribution in [2.45, 2.75) is 0 Å². The number of hydrazine groups is 1. The van der Waals surface area contributed by atoms with Crippen molar-refractivity contribution >= 4 is 5.91 Å². The quantitative estimate of drug-likeness (QED) is 0.378. The largest absolute Gasteiger partial charge is 0.295 e. The molecule has 0 heterocycles. The lowest BCUT2D eigenvalue weighted by Crippen LogP contribution is -2.35. The summed E-state index contributed by atoms with van der Waals surface area (Å²) in [5.74, 6) is -0.435. The molecule has 0 rings (SSSR count). The third-order valence-corrected chi connectivity index (χ3v) is 0.457. The average Bonchev–Trinajstić information content (AvgIpc) is 1.65. The molecule has 0 atom stereocenters. The minimum absolute atomic E-state index is 0.435. The van der Waals surface area contributed by atoms with E-state index in [1.165, 1.54) is 7.05 Å². The summed E-state index contributed by atoms with van der Waals surface area (Å²) in [5.41, 5.74) is 2.02. The molecule has 0 fully saturated rings. The van der Waals surface area contributed by atoms with E-state index in [4.69, 9.17) is 5.21 Å². The molecule has 46 valence electrons. The summed E-state index contributed by atoms with van der Waals surface area (Å²) in [6.45, 7) is 3.16. The Balaban J connectivity index is 3.39. The normalized spacial score (nSPS) is 8.88. The van der Waals surface area contributed by atoms with E-state index in [1.54, 1.807) is 0 Å². The van der Waals surface area contributed by atoms with E-state index >= 15 is 0 Å². The predicted octanol–water partition coefficient (Wildman–Crippen LogP) is -0.475. The lowest BCUT2D eigenvalue weighted by atomic mass is 10.6. The first-order valence-corrected chi connectivity index (χ1v) is 2.02. The van der Waals surface area contributed by atoms with E-state index in [2.05, 4.69) is 6.58 Å². The zero-order valence-corrected chi connectivity index (χ0v) is 4.59. The monoisotopic (exact) mass is 116 g/mol. The van der Waals surface area contributed by atoms with E-state index in [-0.39, 0.29) is 0 Å². The Morgan fingerprint density at radius 1 is 2.00 bits per heavy atom. The van der Waals surface area contributed by atoms with Crippen LogP contribution in [0.2, 0.25) is 0 Å². The molecule has 0 aliphatic heterocycles. The lowest BCUT2D eigenvalue weighted by Gasteiger charge is -2.05. The second-order valence-corrected chi connectivity index (χ2v) is 1.20. The lowest BCUT2D eigenvalue weighted by molar-refractivity contribution is -0.146. The molecule has 4 heteroatoms. The van der Waals surface area contributed by atoms with Gasteiger partial charge in [-0.1, -0.05) is 6.58 Å². The van der Waals surface area contributed by atoms with Crippen molar-refractivity contribution in [2.24, 2.45) is 0 Å². The molecule has 0 aromatic rings. The fourth-order valence-electron chi connectivity index (χ4n) is 0.205. The van der Waals surface area contributed by atoms with Gasteiger partial charge in [0.05, 0.1) is 0 Å². The highest BCUT2D eigenvalue weighted by Crippen LogP contribution is 1.65. The first-order valence-electron chi connectivity index (χ1n) is 2.02. The molecule has 0 aromatic carbocycles. The molecule has 0 unspecified atom stereocenters. The number of amides is 1. The van der Waals surface area contributed by atoms with Gasteiger partial charge in [0.2, 0.25) is 0 Å². The SMILES string of the molecule is C=CC(=O)NN(C)O. The van der Waals surface area contributed by atoms with Gasteiger partial charge in [-0.15, -0.1) is 5.17 Å². The molecule has 0 aliphatic carbocycles. The highest BCUT2D eigenvalue weighted by Gasteiger charge is 1.92. The van der Waals surface area contributed by atoms with Crippen LogP contribution in [0.25, 0.3) is 0 Å². The highest BCUT2D eigenvalue weighted by molar-refractivity contribution is 5.86. The molecule has 0 saturated carbocycles. The molecular weight excluding hydrogens is 108 g/mol. The van der Waals surface area contributed by atoms with Crippen molar-refractivity contribution < 1.29 is 10.0 Å². The number of hydrogen-bond acceptors (Lipinski definition) is 3. The van der Waals surface area contributed by atoms with Gasteiger partial charge in [0.1, 0.15) is 0 Å². The Bertz CT molecular complexity index is 100. The third-order valence-electron chi connectivity index (χ3n) is 0.457. The van der Waals surface area contributed by atoms with Crippen LogP contribution >= 0.6 is 0 Å². The Labute approximate surface area is 47.3 Å².